The van der Waals surface area contributed by atoms with Crippen LogP contribution < -0.4 is 9.47 Å². The van der Waals surface area contributed by atoms with Crippen LogP contribution in [-0.4, -0.2) is 71.9 Å². The maximum Gasteiger partial charge on any atom is 0.295 e. The maximum absolute atomic E-state index is 13.1. The Hall–Kier alpha value is -3.92. The molecule has 2 aliphatic heterocycles. The van der Waals surface area contributed by atoms with Gasteiger partial charge in [-0.2, -0.15) is 0 Å². The molecule has 1 atom stereocenters. The molecule has 0 spiro atoms. The number of carbonyl (C=O) groups is 2. The van der Waals surface area contributed by atoms with Gasteiger partial charge in [-0.15, -0.1) is 0 Å². The summed E-state index contributed by atoms with van der Waals surface area (Å²) in [5.74, 6) is -1.07. The Labute approximate surface area is 189 Å². The van der Waals surface area contributed by atoms with E-state index in [2.05, 4.69) is 0 Å². The number of hydrogen-bond acceptors (Lipinski definition) is 8. The molecule has 172 valence electrons. The van der Waals surface area contributed by atoms with Crippen LogP contribution >= 0.6 is 0 Å². The van der Waals surface area contributed by atoms with Gasteiger partial charge in [0.05, 0.1) is 16.5 Å². The van der Waals surface area contributed by atoms with E-state index in [0.29, 0.717) is 36.8 Å². The molecular formula is C23H23N3O7. The first-order valence-electron chi connectivity index (χ1n) is 10.4. The molecule has 1 unspecified atom stereocenters. The number of nitro benzene ring substituents is 1. The fourth-order valence-electron chi connectivity index (χ4n) is 3.92. The van der Waals surface area contributed by atoms with Crippen molar-refractivity contribution in [2.75, 3.05) is 40.4 Å². The zero-order chi connectivity index (χ0) is 23.7. The number of likely N-dealkylation sites (N-methyl/N-ethyl adjacent to an activating group) is 1. The summed E-state index contributed by atoms with van der Waals surface area (Å²) < 4.78 is 11.1. The van der Waals surface area contributed by atoms with Gasteiger partial charge >= 0.3 is 0 Å². The van der Waals surface area contributed by atoms with Crippen LogP contribution in [0.2, 0.25) is 0 Å². The number of nitrogens with zero attached hydrogens (tertiary/aromatic N) is 3. The minimum absolute atomic E-state index is 0.129. The van der Waals surface area contributed by atoms with E-state index in [0.717, 1.165) is 0 Å². The van der Waals surface area contributed by atoms with Crippen molar-refractivity contribution in [1.82, 2.24) is 9.80 Å². The molecule has 2 aromatic carbocycles. The third kappa shape index (κ3) is 4.24. The second-order valence-corrected chi connectivity index (χ2v) is 8.01. The molecule has 2 aromatic rings. The molecule has 4 rings (SSSR count). The zero-order valence-corrected chi connectivity index (χ0v) is 18.2. The highest BCUT2D eigenvalue weighted by Gasteiger charge is 2.46. The molecule has 0 aliphatic carbocycles. The third-order valence-electron chi connectivity index (χ3n) is 5.54. The third-order valence-corrected chi connectivity index (χ3v) is 5.54. The minimum atomic E-state index is -0.974. The van der Waals surface area contributed by atoms with Crippen LogP contribution in [0, 0.1) is 10.1 Å². The lowest BCUT2D eigenvalue weighted by Gasteiger charge is -2.26. The monoisotopic (exact) mass is 453 g/mol. The predicted molar refractivity (Wildman–Crippen MR) is 118 cm³/mol. The van der Waals surface area contributed by atoms with Crippen molar-refractivity contribution in [2.45, 2.75) is 6.04 Å². The van der Waals surface area contributed by atoms with E-state index >= 15 is 0 Å². The number of ketones is 1. The molecule has 1 N–H and O–H groups in total. The number of fused-ring (bicyclic) bond motifs is 1. The average molecular weight is 453 g/mol. The number of carbonyl (C=O) groups excluding carboxylic acids is 2. The van der Waals surface area contributed by atoms with Gasteiger partial charge in [0.25, 0.3) is 17.4 Å². The van der Waals surface area contributed by atoms with Crippen LogP contribution in [0.4, 0.5) is 5.69 Å². The Morgan fingerprint density at radius 3 is 2.58 bits per heavy atom. The summed E-state index contributed by atoms with van der Waals surface area (Å²) in [5, 5.41) is 22.5. The molecule has 0 radical (unpaired) electrons. The average Bonchev–Trinajstić information content (AvgIpc) is 3.06. The summed E-state index contributed by atoms with van der Waals surface area (Å²) in [7, 11) is 3.66. The van der Waals surface area contributed by atoms with Gasteiger partial charge < -0.3 is 24.4 Å². The lowest BCUT2D eigenvalue weighted by Crippen LogP contribution is -2.35. The Morgan fingerprint density at radius 2 is 1.88 bits per heavy atom. The van der Waals surface area contributed by atoms with Gasteiger partial charge in [-0.05, 0) is 37.9 Å². The Morgan fingerprint density at radius 1 is 1.15 bits per heavy atom. The van der Waals surface area contributed by atoms with Gasteiger partial charge in [0.1, 0.15) is 19.0 Å². The minimum Gasteiger partial charge on any atom is -0.507 e. The second-order valence-electron chi connectivity index (χ2n) is 8.01. The lowest BCUT2D eigenvalue weighted by molar-refractivity contribution is -0.384. The summed E-state index contributed by atoms with van der Waals surface area (Å²) >= 11 is 0. The molecule has 1 amide bonds. The van der Waals surface area contributed by atoms with Crippen molar-refractivity contribution in [2.24, 2.45) is 0 Å². The number of benzene rings is 2. The van der Waals surface area contributed by atoms with Gasteiger partial charge in [-0.3, -0.25) is 19.7 Å². The van der Waals surface area contributed by atoms with E-state index in [1.165, 1.54) is 23.1 Å². The maximum atomic E-state index is 13.1. The highest BCUT2D eigenvalue weighted by molar-refractivity contribution is 6.46. The van der Waals surface area contributed by atoms with Crippen LogP contribution in [0.3, 0.4) is 0 Å². The molecular weight excluding hydrogens is 430 g/mol. The van der Waals surface area contributed by atoms with Crippen LogP contribution in [0.5, 0.6) is 11.5 Å². The molecule has 0 bridgehead atoms. The summed E-state index contributed by atoms with van der Waals surface area (Å²) in [5.41, 5.74) is 0.336. The summed E-state index contributed by atoms with van der Waals surface area (Å²) in [6, 6.07) is 9.49. The van der Waals surface area contributed by atoms with Gasteiger partial charge in [0, 0.05) is 30.8 Å². The van der Waals surface area contributed by atoms with Crippen LogP contribution in [0.25, 0.3) is 5.76 Å². The summed E-state index contributed by atoms with van der Waals surface area (Å²) in [6.45, 7) is 1.41. The van der Waals surface area contributed by atoms with E-state index in [4.69, 9.17) is 9.47 Å². The molecule has 0 saturated carbocycles. The van der Waals surface area contributed by atoms with Crippen LogP contribution in [-0.2, 0) is 9.59 Å². The standard InChI is InChI=1S/C23H23N3O7/c1-24(2)8-9-25-20(14-4-3-5-16(12-14)26(30)31)19(22(28)23(25)29)21(27)15-6-7-17-18(13-15)33-11-10-32-17/h3-7,12-13,20,27H,8-11H2,1-2H3. The number of aliphatic hydroxyl groups is 1. The second kappa shape index (κ2) is 8.91. The number of hydrogen-bond donors (Lipinski definition) is 1. The van der Waals surface area contributed by atoms with E-state index in [1.54, 1.807) is 24.3 Å². The molecule has 1 saturated heterocycles. The summed E-state index contributed by atoms with van der Waals surface area (Å²) in [4.78, 5) is 40.0. The van der Waals surface area contributed by atoms with Crippen LogP contribution in [0.15, 0.2) is 48.0 Å². The van der Waals surface area contributed by atoms with E-state index in [-0.39, 0.29) is 29.1 Å². The molecule has 33 heavy (non-hydrogen) atoms. The number of rotatable bonds is 6. The Bertz CT molecular complexity index is 1160. The molecule has 0 aromatic heterocycles. The molecule has 10 heteroatoms. The van der Waals surface area contributed by atoms with Gasteiger partial charge in [0.15, 0.2) is 11.5 Å². The first-order valence-corrected chi connectivity index (χ1v) is 10.4. The molecule has 10 nitrogen and oxygen atoms in total. The van der Waals surface area contributed by atoms with E-state index < -0.39 is 22.7 Å². The number of aliphatic hydroxyl groups excluding tert-OH is 1. The van der Waals surface area contributed by atoms with Crippen LogP contribution in [0.1, 0.15) is 17.2 Å². The number of amides is 1. The molecule has 2 aliphatic rings. The van der Waals surface area contributed by atoms with Crippen molar-refractivity contribution in [3.05, 3.63) is 69.3 Å². The van der Waals surface area contributed by atoms with Gasteiger partial charge in [-0.25, -0.2) is 0 Å². The molecule has 1 fully saturated rings. The fraction of sp³-hybridized carbons (Fsp3) is 0.304. The van der Waals surface area contributed by atoms with Crippen molar-refractivity contribution in [3.8, 4) is 11.5 Å². The summed E-state index contributed by atoms with van der Waals surface area (Å²) in [6.07, 6.45) is 0. The number of ether oxygens (including phenoxy) is 2. The van der Waals surface area contributed by atoms with E-state index in [9.17, 15) is 24.8 Å². The number of Topliss-reactive ketones (excluding diaryl/α,β-unsaturated/α-hetero) is 1. The number of likely N-dealkylation sites (tertiary alicyclic amines) is 1. The quantitative estimate of drug-likeness (QED) is 0.233. The fourth-order valence-corrected chi connectivity index (χ4v) is 3.92. The lowest BCUT2D eigenvalue weighted by atomic mass is 9.95. The van der Waals surface area contributed by atoms with Crippen molar-refractivity contribution < 1.29 is 29.1 Å². The van der Waals surface area contributed by atoms with Gasteiger partial charge in [0.2, 0.25) is 0 Å². The van der Waals surface area contributed by atoms with Crippen molar-refractivity contribution in [1.29, 1.82) is 0 Å². The Balaban J connectivity index is 1.85. The first-order chi connectivity index (χ1) is 15.8. The highest BCUT2D eigenvalue weighted by Crippen LogP contribution is 2.41. The first kappa shape index (κ1) is 22.3. The smallest absolute Gasteiger partial charge is 0.295 e. The highest BCUT2D eigenvalue weighted by atomic mass is 16.6. The predicted octanol–water partition coefficient (Wildman–Crippen LogP) is 2.35. The SMILES string of the molecule is CN(C)CCN1C(=O)C(=O)C(=C(O)c2ccc3c(c2)OCCO3)C1c1cccc([N+](=O)[O-])c1. The number of nitro groups is 1. The zero-order valence-electron chi connectivity index (χ0n) is 18.2. The van der Waals surface area contributed by atoms with Crippen molar-refractivity contribution in [3.63, 3.8) is 0 Å². The largest absolute Gasteiger partial charge is 0.507 e. The van der Waals surface area contributed by atoms with Crippen molar-refractivity contribution >= 4 is 23.1 Å². The normalized spacial score (nSPS) is 19.2. The Kier molecular flexibility index (Phi) is 6.01. The van der Waals surface area contributed by atoms with Gasteiger partial charge in [-0.1, -0.05) is 12.1 Å². The number of non-ortho nitro benzene ring substituents is 1. The molecule has 2 heterocycles. The van der Waals surface area contributed by atoms with E-state index in [1.807, 2.05) is 19.0 Å². The topological polar surface area (TPSA) is 122 Å².